The van der Waals surface area contributed by atoms with Crippen molar-refractivity contribution in [3.8, 4) is 11.3 Å². The molecule has 0 radical (unpaired) electrons. The molecule has 2 saturated heterocycles. The van der Waals surface area contributed by atoms with Crippen molar-refractivity contribution in [2.75, 3.05) is 39.3 Å². The molecule has 2 aromatic carbocycles. The van der Waals surface area contributed by atoms with Gasteiger partial charge in [-0.3, -0.25) is 14.5 Å². The molecule has 8 nitrogen and oxygen atoms in total. The number of hydrogen-bond donors (Lipinski definition) is 0. The van der Waals surface area contributed by atoms with E-state index in [2.05, 4.69) is 34.3 Å². The maximum Gasteiger partial charge on any atom is 0.273 e. The first-order chi connectivity index (χ1) is 19.6. The van der Waals surface area contributed by atoms with Gasteiger partial charge in [-0.25, -0.2) is 4.98 Å². The first kappa shape index (κ1) is 26.4. The van der Waals surface area contributed by atoms with Gasteiger partial charge in [0.1, 0.15) is 22.7 Å². The summed E-state index contributed by atoms with van der Waals surface area (Å²) in [6.45, 7) is 7.12. The minimum atomic E-state index is -0.0440. The average molecular weight is 556 g/mol. The van der Waals surface area contributed by atoms with Crippen molar-refractivity contribution >= 4 is 23.2 Å². The van der Waals surface area contributed by atoms with Gasteiger partial charge in [-0.2, -0.15) is 0 Å². The van der Waals surface area contributed by atoms with Crippen LogP contribution in [0.2, 0.25) is 0 Å². The molecule has 0 bridgehead atoms. The van der Waals surface area contributed by atoms with Crippen molar-refractivity contribution in [1.29, 1.82) is 0 Å². The van der Waals surface area contributed by atoms with Crippen molar-refractivity contribution in [3.05, 3.63) is 93.6 Å². The van der Waals surface area contributed by atoms with Gasteiger partial charge in [0.15, 0.2) is 0 Å². The fourth-order valence-electron chi connectivity index (χ4n) is 5.59. The van der Waals surface area contributed by atoms with Gasteiger partial charge in [-0.05, 0) is 25.3 Å². The van der Waals surface area contributed by atoms with E-state index in [1.165, 1.54) is 5.56 Å². The molecule has 2 fully saturated rings. The summed E-state index contributed by atoms with van der Waals surface area (Å²) in [4.78, 5) is 37.6. The van der Waals surface area contributed by atoms with Crippen molar-refractivity contribution < 1.29 is 14.1 Å². The topological polar surface area (TPSA) is 82.8 Å². The Bertz CT molecular complexity index is 1450. The molecule has 2 aliphatic rings. The van der Waals surface area contributed by atoms with Crippen LogP contribution in [0.1, 0.15) is 55.9 Å². The third-order valence-electron chi connectivity index (χ3n) is 7.90. The summed E-state index contributed by atoms with van der Waals surface area (Å²) in [6.07, 6.45) is 1.63. The second-order valence-corrected chi connectivity index (χ2v) is 11.4. The monoisotopic (exact) mass is 555 g/mol. The zero-order chi connectivity index (χ0) is 27.5. The van der Waals surface area contributed by atoms with Crippen molar-refractivity contribution in [2.45, 2.75) is 32.2 Å². The zero-order valence-corrected chi connectivity index (χ0v) is 23.5. The molecule has 2 aliphatic heterocycles. The lowest BCUT2D eigenvalue weighted by molar-refractivity contribution is 0.0623. The van der Waals surface area contributed by atoms with Crippen LogP contribution in [0.25, 0.3) is 11.3 Å². The number of thiazole rings is 1. The predicted octanol–water partition coefficient (Wildman–Crippen LogP) is 5.08. The number of hydrogen-bond acceptors (Lipinski definition) is 7. The fraction of sp³-hybridized carbons (Fsp3) is 0.355. The summed E-state index contributed by atoms with van der Waals surface area (Å²) < 4.78 is 5.42. The summed E-state index contributed by atoms with van der Waals surface area (Å²) in [6, 6.07) is 20.1. The number of benzene rings is 2. The Morgan fingerprint density at radius 2 is 1.52 bits per heavy atom. The van der Waals surface area contributed by atoms with Crippen LogP contribution in [0.3, 0.4) is 0 Å². The Kier molecular flexibility index (Phi) is 7.75. The third-order valence-corrected chi connectivity index (χ3v) is 8.91. The van der Waals surface area contributed by atoms with Gasteiger partial charge in [-0.15, -0.1) is 11.3 Å². The van der Waals surface area contributed by atoms with Crippen LogP contribution < -0.4 is 0 Å². The Hall–Kier alpha value is -3.82. The van der Waals surface area contributed by atoms with Crippen molar-refractivity contribution in [1.82, 2.24) is 24.8 Å². The van der Waals surface area contributed by atoms with E-state index in [0.717, 1.165) is 43.0 Å². The molecule has 0 spiro atoms. The number of piperidine rings is 1. The van der Waals surface area contributed by atoms with E-state index < -0.39 is 0 Å². The van der Waals surface area contributed by atoms with Crippen molar-refractivity contribution in [2.24, 2.45) is 0 Å². The maximum absolute atomic E-state index is 13.5. The first-order valence-electron chi connectivity index (χ1n) is 13.9. The first-order valence-corrected chi connectivity index (χ1v) is 14.8. The van der Waals surface area contributed by atoms with Gasteiger partial charge in [-0.1, -0.05) is 65.8 Å². The van der Waals surface area contributed by atoms with E-state index in [-0.39, 0.29) is 17.7 Å². The number of aromatic nitrogens is 2. The largest absolute Gasteiger partial charge is 0.360 e. The van der Waals surface area contributed by atoms with Gasteiger partial charge in [0, 0.05) is 62.7 Å². The Morgan fingerprint density at radius 3 is 2.23 bits per heavy atom. The summed E-state index contributed by atoms with van der Waals surface area (Å²) >= 11 is 1.56. The minimum absolute atomic E-state index is 0.0193. The molecule has 40 heavy (non-hydrogen) atoms. The molecule has 0 aliphatic carbocycles. The normalized spacial score (nSPS) is 16.8. The SMILES string of the molecule is Cc1onc(-c2ccccc2)c1C(=O)N1CCC(c2nc(C(=O)N3CCN(Cc4ccccc4)CC3)cs2)CC1. The second kappa shape index (κ2) is 11.7. The summed E-state index contributed by atoms with van der Waals surface area (Å²) in [5, 5.41) is 7.07. The standard InChI is InChI=1S/C31H33N5O3S/c1-22-27(28(33-39-22)24-10-6-3-7-11-24)31(38)35-14-12-25(13-15-35)29-32-26(21-40-29)30(37)36-18-16-34(17-19-36)20-23-8-4-2-5-9-23/h2-11,21,25H,12-20H2,1H3. The highest BCUT2D eigenvalue weighted by atomic mass is 32.1. The Labute approximate surface area is 238 Å². The highest BCUT2D eigenvalue weighted by Gasteiger charge is 2.31. The van der Waals surface area contributed by atoms with Gasteiger partial charge in [0.2, 0.25) is 0 Å². The van der Waals surface area contributed by atoms with Gasteiger partial charge in [0.05, 0.1) is 5.01 Å². The molecule has 2 amide bonds. The van der Waals surface area contributed by atoms with E-state index in [1.807, 2.05) is 51.6 Å². The molecule has 4 aromatic rings. The molecule has 0 saturated carbocycles. The highest BCUT2D eigenvalue weighted by Crippen LogP contribution is 2.33. The van der Waals surface area contributed by atoms with Crippen LogP contribution in [-0.2, 0) is 6.54 Å². The molecule has 2 aromatic heterocycles. The van der Waals surface area contributed by atoms with E-state index >= 15 is 0 Å². The lowest BCUT2D eigenvalue weighted by Gasteiger charge is -2.34. The number of likely N-dealkylation sites (tertiary alicyclic amines) is 1. The number of piperazine rings is 1. The molecular formula is C31H33N5O3S. The van der Waals surface area contributed by atoms with Crippen LogP contribution >= 0.6 is 11.3 Å². The van der Waals surface area contributed by atoms with Crippen LogP contribution in [0.5, 0.6) is 0 Å². The minimum Gasteiger partial charge on any atom is -0.360 e. The molecule has 0 atom stereocenters. The molecule has 9 heteroatoms. The number of carbonyl (C=O) groups is 2. The molecule has 0 unspecified atom stereocenters. The molecular weight excluding hydrogens is 522 g/mol. The van der Waals surface area contributed by atoms with Gasteiger partial charge in [0.25, 0.3) is 11.8 Å². The van der Waals surface area contributed by atoms with Crippen LogP contribution in [0.4, 0.5) is 0 Å². The number of aryl methyl sites for hydroxylation is 1. The maximum atomic E-state index is 13.5. The molecule has 206 valence electrons. The number of amides is 2. The average Bonchev–Trinajstić information content (AvgIpc) is 3.65. The lowest BCUT2D eigenvalue weighted by atomic mass is 9.96. The van der Waals surface area contributed by atoms with E-state index in [1.54, 1.807) is 18.3 Å². The second-order valence-electron chi connectivity index (χ2n) is 10.5. The number of nitrogens with zero attached hydrogens (tertiary/aromatic N) is 5. The summed E-state index contributed by atoms with van der Waals surface area (Å²) in [7, 11) is 0. The van der Waals surface area contributed by atoms with Gasteiger partial charge >= 0.3 is 0 Å². The number of carbonyl (C=O) groups excluding carboxylic acids is 2. The third kappa shape index (κ3) is 5.57. The number of rotatable bonds is 6. The zero-order valence-electron chi connectivity index (χ0n) is 22.7. The van der Waals surface area contributed by atoms with E-state index in [4.69, 9.17) is 9.51 Å². The Balaban J connectivity index is 1.03. The predicted molar refractivity (Wildman–Crippen MR) is 154 cm³/mol. The van der Waals surface area contributed by atoms with Crippen molar-refractivity contribution in [3.63, 3.8) is 0 Å². The smallest absolute Gasteiger partial charge is 0.273 e. The van der Waals surface area contributed by atoms with Gasteiger partial charge < -0.3 is 14.3 Å². The van der Waals surface area contributed by atoms with Crippen LogP contribution in [0, 0.1) is 6.92 Å². The molecule has 4 heterocycles. The van der Waals surface area contributed by atoms with Crippen LogP contribution in [-0.4, -0.2) is 75.9 Å². The van der Waals surface area contributed by atoms with Crippen LogP contribution in [0.15, 0.2) is 70.6 Å². The van der Waals surface area contributed by atoms with E-state index in [9.17, 15) is 9.59 Å². The molecule has 0 N–H and O–H groups in total. The fourth-order valence-corrected chi connectivity index (χ4v) is 6.56. The molecule has 6 rings (SSSR count). The Morgan fingerprint density at radius 1 is 0.875 bits per heavy atom. The summed E-state index contributed by atoms with van der Waals surface area (Å²) in [5.41, 5.74) is 3.84. The quantitative estimate of drug-likeness (QED) is 0.330. The summed E-state index contributed by atoms with van der Waals surface area (Å²) in [5.74, 6) is 0.758. The lowest BCUT2D eigenvalue weighted by Crippen LogP contribution is -2.48. The highest BCUT2D eigenvalue weighted by molar-refractivity contribution is 7.09. The van der Waals surface area contributed by atoms with E-state index in [0.29, 0.717) is 48.9 Å².